The van der Waals surface area contributed by atoms with Gasteiger partial charge < -0.3 is 4.57 Å². The Bertz CT molecular complexity index is 3110. The van der Waals surface area contributed by atoms with Crippen LogP contribution in [0.25, 0.3) is 99.5 Å². The number of fused-ring (bicyclic) bond motifs is 12. The van der Waals surface area contributed by atoms with E-state index in [1.54, 1.807) is 0 Å². The Morgan fingerprint density at radius 1 is 0.365 bits per heavy atom. The molecule has 0 atom stereocenters. The zero-order valence-corrected chi connectivity index (χ0v) is 28.1. The molecule has 4 heterocycles. The van der Waals surface area contributed by atoms with Crippen LogP contribution in [0.15, 0.2) is 182 Å². The van der Waals surface area contributed by atoms with Crippen molar-refractivity contribution in [2.45, 2.75) is 0 Å². The van der Waals surface area contributed by atoms with Crippen LogP contribution in [0.5, 0.6) is 0 Å². The Morgan fingerprint density at radius 2 is 1.00 bits per heavy atom. The monoisotopic (exact) mass is 662 g/mol. The molecule has 0 N–H and O–H groups in total. The summed E-state index contributed by atoms with van der Waals surface area (Å²) in [6.45, 7) is 0. The second kappa shape index (κ2) is 11.2. The van der Waals surface area contributed by atoms with Crippen LogP contribution in [0.1, 0.15) is 0 Å². The Hall–Kier alpha value is -7.04. The molecule has 0 spiro atoms. The molecule has 4 heteroatoms. The largest absolute Gasteiger partial charge is 0.309 e. The van der Waals surface area contributed by atoms with Gasteiger partial charge in [-0.25, -0.2) is 9.97 Å². The van der Waals surface area contributed by atoms with Crippen molar-refractivity contribution >= 4 is 60.2 Å². The van der Waals surface area contributed by atoms with E-state index >= 15 is 0 Å². The molecule has 0 unspecified atom stereocenters. The number of hydrogen-bond donors (Lipinski definition) is 0. The number of pyridine rings is 2. The first kappa shape index (κ1) is 28.8. The van der Waals surface area contributed by atoms with E-state index in [9.17, 15) is 0 Å². The van der Waals surface area contributed by atoms with E-state index in [0.29, 0.717) is 0 Å². The summed E-state index contributed by atoms with van der Waals surface area (Å²) in [6.07, 6.45) is 0. The van der Waals surface area contributed by atoms with E-state index in [-0.39, 0.29) is 0 Å². The molecule has 7 aromatic carbocycles. The van der Waals surface area contributed by atoms with E-state index in [2.05, 4.69) is 185 Å². The van der Waals surface area contributed by atoms with Crippen LogP contribution in [-0.4, -0.2) is 18.9 Å². The van der Waals surface area contributed by atoms with Crippen LogP contribution >= 0.6 is 0 Å². The molecule has 4 aromatic heterocycles. The summed E-state index contributed by atoms with van der Waals surface area (Å²) < 4.78 is 4.79. The summed E-state index contributed by atoms with van der Waals surface area (Å²) in [6, 6.07) is 64.7. The van der Waals surface area contributed by atoms with Crippen molar-refractivity contribution in [2.24, 2.45) is 0 Å². The maximum atomic E-state index is 5.25. The predicted molar refractivity (Wildman–Crippen MR) is 216 cm³/mol. The second-order valence-corrected chi connectivity index (χ2v) is 13.4. The highest BCUT2D eigenvalue weighted by Crippen LogP contribution is 2.42. The topological polar surface area (TPSA) is 35.1 Å². The van der Waals surface area contributed by atoms with Crippen molar-refractivity contribution < 1.29 is 0 Å². The van der Waals surface area contributed by atoms with Crippen LogP contribution in [0.4, 0.5) is 0 Å². The zero-order valence-electron chi connectivity index (χ0n) is 28.1. The lowest BCUT2D eigenvalue weighted by atomic mass is 10.00. The SMILES string of the molecule is c1ccc(-c2cc(-c3ccccc3)nc(-c3cccc(-n4c5ccccc5c5c4ccc4c6ccccc6c6nc7ccccc7n6c45)c3)c2)cc1. The quantitative estimate of drug-likeness (QED) is 0.176. The molecule has 0 radical (unpaired) electrons. The molecule has 4 nitrogen and oxygen atoms in total. The average Bonchev–Trinajstić information content (AvgIpc) is 3.78. The highest BCUT2D eigenvalue weighted by atomic mass is 15.0. The normalized spacial score (nSPS) is 11.8. The Kier molecular flexibility index (Phi) is 6.22. The summed E-state index contributed by atoms with van der Waals surface area (Å²) in [7, 11) is 0. The molecule has 0 aliphatic carbocycles. The van der Waals surface area contributed by atoms with Gasteiger partial charge in [-0.2, -0.15) is 0 Å². The van der Waals surface area contributed by atoms with Gasteiger partial charge in [0.2, 0.25) is 0 Å². The van der Waals surface area contributed by atoms with E-state index in [0.717, 1.165) is 66.9 Å². The zero-order chi connectivity index (χ0) is 34.2. The second-order valence-electron chi connectivity index (χ2n) is 13.4. The van der Waals surface area contributed by atoms with Gasteiger partial charge in [0.1, 0.15) is 5.65 Å². The lowest BCUT2D eigenvalue weighted by Gasteiger charge is -2.13. The third kappa shape index (κ3) is 4.28. The van der Waals surface area contributed by atoms with E-state index < -0.39 is 0 Å². The Morgan fingerprint density at radius 3 is 1.81 bits per heavy atom. The molecule has 242 valence electrons. The Labute approximate surface area is 299 Å². The average molecular weight is 663 g/mol. The van der Waals surface area contributed by atoms with Crippen LogP contribution in [0.2, 0.25) is 0 Å². The number of rotatable bonds is 4. The van der Waals surface area contributed by atoms with E-state index in [1.165, 1.54) is 32.6 Å². The smallest absolute Gasteiger partial charge is 0.146 e. The molecule has 11 rings (SSSR count). The minimum absolute atomic E-state index is 0.936. The van der Waals surface area contributed by atoms with Crippen molar-refractivity contribution in [1.82, 2.24) is 18.9 Å². The summed E-state index contributed by atoms with van der Waals surface area (Å²) in [5.41, 5.74) is 14.0. The van der Waals surface area contributed by atoms with Gasteiger partial charge in [-0.15, -0.1) is 0 Å². The van der Waals surface area contributed by atoms with Crippen LogP contribution in [0, 0.1) is 0 Å². The summed E-state index contributed by atoms with van der Waals surface area (Å²) in [5.74, 6) is 0. The molecule has 0 saturated carbocycles. The first-order valence-electron chi connectivity index (χ1n) is 17.7. The molecule has 0 aliphatic rings. The van der Waals surface area contributed by atoms with E-state index in [4.69, 9.17) is 9.97 Å². The maximum absolute atomic E-state index is 5.25. The van der Waals surface area contributed by atoms with Crippen molar-refractivity contribution in [2.75, 3.05) is 0 Å². The number of hydrogen-bond acceptors (Lipinski definition) is 2. The summed E-state index contributed by atoms with van der Waals surface area (Å²) >= 11 is 0. The maximum Gasteiger partial charge on any atom is 0.146 e. The number of nitrogens with zero attached hydrogens (tertiary/aromatic N) is 4. The molecule has 0 amide bonds. The first-order valence-corrected chi connectivity index (χ1v) is 17.7. The Balaban J connectivity index is 1.20. The van der Waals surface area contributed by atoms with Gasteiger partial charge in [0.15, 0.2) is 0 Å². The molecule has 52 heavy (non-hydrogen) atoms. The van der Waals surface area contributed by atoms with Crippen molar-refractivity contribution in [3.63, 3.8) is 0 Å². The highest BCUT2D eigenvalue weighted by molar-refractivity contribution is 6.26. The molecular weight excluding hydrogens is 633 g/mol. The first-order chi connectivity index (χ1) is 25.8. The fourth-order valence-corrected chi connectivity index (χ4v) is 8.15. The minimum Gasteiger partial charge on any atom is -0.309 e. The third-order valence-electron chi connectivity index (χ3n) is 10.5. The molecule has 0 bridgehead atoms. The van der Waals surface area contributed by atoms with Crippen LogP contribution in [-0.2, 0) is 0 Å². The molecule has 0 aliphatic heterocycles. The summed E-state index contributed by atoms with van der Waals surface area (Å²) in [4.78, 5) is 10.5. The lowest BCUT2D eigenvalue weighted by Crippen LogP contribution is -1.96. The molecule has 0 saturated heterocycles. The lowest BCUT2D eigenvalue weighted by molar-refractivity contribution is 1.18. The summed E-state index contributed by atoms with van der Waals surface area (Å²) in [5, 5.41) is 6.00. The van der Waals surface area contributed by atoms with Gasteiger partial charge in [0.05, 0.1) is 39.0 Å². The van der Waals surface area contributed by atoms with Gasteiger partial charge in [0.25, 0.3) is 0 Å². The fourth-order valence-electron chi connectivity index (χ4n) is 8.15. The predicted octanol–water partition coefficient (Wildman–Crippen LogP) is 12.3. The van der Waals surface area contributed by atoms with Gasteiger partial charge in [-0.1, -0.05) is 133 Å². The highest BCUT2D eigenvalue weighted by Gasteiger charge is 2.21. The number of aromatic nitrogens is 4. The van der Waals surface area contributed by atoms with Gasteiger partial charge in [-0.05, 0) is 65.0 Å². The minimum atomic E-state index is 0.936. The van der Waals surface area contributed by atoms with Crippen molar-refractivity contribution in [1.29, 1.82) is 0 Å². The number of para-hydroxylation sites is 3. The van der Waals surface area contributed by atoms with Gasteiger partial charge in [-0.3, -0.25) is 4.40 Å². The fraction of sp³-hybridized carbons (Fsp3) is 0. The van der Waals surface area contributed by atoms with Crippen LogP contribution in [0.3, 0.4) is 0 Å². The standard InChI is InChI=1S/C48H30N4/c1-3-14-31(15-4-1)34-29-41(32-16-5-2-6-17-32)49-42(30-34)33-18-13-19-35(28-33)51-43-24-11-9-22-39(43)46-45(51)27-26-37-36-20-7-8-21-38(36)48-50-40-23-10-12-25-44(40)52(48)47(37)46/h1-30H. The van der Waals surface area contributed by atoms with Crippen LogP contribution < -0.4 is 0 Å². The van der Waals surface area contributed by atoms with E-state index in [1.807, 2.05) is 6.07 Å². The number of imidazole rings is 1. The molecule has 0 fully saturated rings. The van der Waals surface area contributed by atoms with Crippen molar-refractivity contribution in [3.05, 3.63) is 182 Å². The van der Waals surface area contributed by atoms with Gasteiger partial charge >= 0.3 is 0 Å². The molecular formula is C48H30N4. The number of benzene rings is 7. The van der Waals surface area contributed by atoms with Gasteiger partial charge in [0, 0.05) is 38.4 Å². The molecule has 11 aromatic rings. The van der Waals surface area contributed by atoms with Crippen molar-refractivity contribution in [3.8, 4) is 39.3 Å². The third-order valence-corrected chi connectivity index (χ3v) is 10.5.